The summed E-state index contributed by atoms with van der Waals surface area (Å²) < 4.78 is 0. The number of H-pyrrole nitrogens is 1. The molecular formula is C15H18N3O2. The second-order valence-electron chi connectivity index (χ2n) is 5.02. The first-order valence-electron chi connectivity index (χ1n) is 6.90. The van der Waals surface area contributed by atoms with E-state index in [2.05, 4.69) is 16.0 Å². The maximum Gasteiger partial charge on any atom is 0.256 e. The van der Waals surface area contributed by atoms with E-state index in [1.54, 1.807) is 6.20 Å². The zero-order chi connectivity index (χ0) is 13.9. The van der Waals surface area contributed by atoms with Crippen LogP contribution in [0, 0.1) is 6.07 Å². The van der Waals surface area contributed by atoms with Crippen LogP contribution < -0.4 is 0 Å². The van der Waals surface area contributed by atoms with Crippen LogP contribution in [0.2, 0.25) is 0 Å². The summed E-state index contributed by atoms with van der Waals surface area (Å²) in [4.78, 5) is 19.7. The third kappa shape index (κ3) is 2.42. The van der Waals surface area contributed by atoms with E-state index in [0.717, 1.165) is 24.0 Å². The lowest BCUT2D eigenvalue weighted by atomic mass is 10.1. The van der Waals surface area contributed by atoms with Crippen LogP contribution in [0.3, 0.4) is 0 Å². The van der Waals surface area contributed by atoms with Gasteiger partial charge >= 0.3 is 0 Å². The molecule has 3 rings (SSSR count). The first-order chi connectivity index (χ1) is 9.79. The van der Waals surface area contributed by atoms with Gasteiger partial charge in [-0.3, -0.25) is 9.69 Å². The number of hydrogen-bond donors (Lipinski definition) is 2. The van der Waals surface area contributed by atoms with Crippen molar-refractivity contribution in [2.75, 3.05) is 39.3 Å². The van der Waals surface area contributed by atoms with Crippen molar-refractivity contribution in [2.45, 2.75) is 0 Å². The highest BCUT2D eigenvalue weighted by atomic mass is 16.3. The van der Waals surface area contributed by atoms with E-state index in [4.69, 9.17) is 5.11 Å². The molecule has 1 radical (unpaired) electrons. The molecule has 1 aromatic carbocycles. The van der Waals surface area contributed by atoms with Crippen LogP contribution >= 0.6 is 0 Å². The Morgan fingerprint density at radius 2 is 2.10 bits per heavy atom. The standard InChI is InChI=1S/C15H18N3O2/c19-11-10-17-6-8-18(9-7-17)15(20)13-3-1-2-12-4-5-16-14(12)13/h1-3,5,16,19H,6-11H2. The Labute approximate surface area is 117 Å². The fourth-order valence-electron chi connectivity index (χ4n) is 2.68. The van der Waals surface area contributed by atoms with Crippen molar-refractivity contribution >= 4 is 16.8 Å². The van der Waals surface area contributed by atoms with Crippen LogP contribution in [-0.2, 0) is 0 Å². The number of hydrogen-bond acceptors (Lipinski definition) is 3. The van der Waals surface area contributed by atoms with Gasteiger partial charge in [-0.2, -0.15) is 0 Å². The predicted molar refractivity (Wildman–Crippen MR) is 76.6 cm³/mol. The van der Waals surface area contributed by atoms with Crippen molar-refractivity contribution in [3.05, 3.63) is 36.0 Å². The molecule has 1 aliphatic heterocycles. The summed E-state index contributed by atoms with van der Waals surface area (Å²) in [5.41, 5.74) is 1.56. The average Bonchev–Trinajstić information content (AvgIpc) is 2.96. The van der Waals surface area contributed by atoms with Gasteiger partial charge in [0, 0.05) is 50.4 Å². The number of piperazine rings is 1. The number of amides is 1. The summed E-state index contributed by atoms with van der Waals surface area (Å²) in [6.07, 6.45) is 1.74. The van der Waals surface area contributed by atoms with E-state index in [9.17, 15) is 4.79 Å². The summed E-state index contributed by atoms with van der Waals surface area (Å²) in [5.74, 6) is 0.0649. The number of nitrogens with one attached hydrogen (secondary N) is 1. The largest absolute Gasteiger partial charge is 0.395 e. The van der Waals surface area contributed by atoms with Crippen LogP contribution in [0.1, 0.15) is 10.4 Å². The van der Waals surface area contributed by atoms with Crippen LogP contribution in [0.25, 0.3) is 10.9 Å². The molecule has 5 heteroatoms. The number of aromatic amines is 1. The Balaban J connectivity index is 1.75. The molecule has 1 aliphatic rings. The Morgan fingerprint density at radius 1 is 1.30 bits per heavy atom. The number of fused-ring (bicyclic) bond motifs is 1. The molecule has 0 atom stereocenters. The topological polar surface area (TPSA) is 59.6 Å². The van der Waals surface area contributed by atoms with Gasteiger partial charge in [0.2, 0.25) is 0 Å². The van der Waals surface area contributed by atoms with E-state index in [1.165, 1.54) is 0 Å². The van der Waals surface area contributed by atoms with Gasteiger partial charge in [0.15, 0.2) is 0 Å². The van der Waals surface area contributed by atoms with Crippen LogP contribution in [0.4, 0.5) is 0 Å². The molecule has 1 saturated heterocycles. The molecule has 2 aromatic rings. The highest BCUT2D eigenvalue weighted by Crippen LogP contribution is 2.18. The number of aliphatic hydroxyl groups is 1. The van der Waals surface area contributed by atoms with Crippen molar-refractivity contribution in [2.24, 2.45) is 0 Å². The number of carbonyl (C=O) groups excluding carboxylic acids is 1. The molecule has 105 valence electrons. The first-order valence-corrected chi connectivity index (χ1v) is 6.90. The molecular weight excluding hydrogens is 254 g/mol. The first kappa shape index (κ1) is 13.1. The van der Waals surface area contributed by atoms with Crippen LogP contribution in [-0.4, -0.2) is 65.1 Å². The SMILES string of the molecule is O=C(c1cccc2[c]c[nH]c12)N1CCN(CCO)CC1. The maximum atomic E-state index is 12.6. The van der Waals surface area contributed by atoms with Crippen LogP contribution in [0.15, 0.2) is 24.4 Å². The minimum atomic E-state index is 0.0649. The van der Waals surface area contributed by atoms with E-state index in [-0.39, 0.29) is 12.5 Å². The number of aliphatic hydroxyl groups excluding tert-OH is 1. The summed E-state index contributed by atoms with van der Waals surface area (Å²) in [7, 11) is 0. The number of benzene rings is 1. The highest BCUT2D eigenvalue weighted by Gasteiger charge is 2.23. The average molecular weight is 272 g/mol. The number of para-hydroxylation sites is 1. The fraction of sp³-hybridized carbons (Fsp3) is 0.400. The molecule has 1 fully saturated rings. The van der Waals surface area contributed by atoms with Crippen molar-refractivity contribution in [3.63, 3.8) is 0 Å². The number of β-amino-alcohol motifs (C(OH)–C–C–N with tert-alkyl or cyclic N) is 1. The van der Waals surface area contributed by atoms with Gasteiger partial charge in [-0.15, -0.1) is 0 Å². The van der Waals surface area contributed by atoms with Gasteiger partial charge < -0.3 is 15.0 Å². The monoisotopic (exact) mass is 272 g/mol. The molecule has 0 bridgehead atoms. The molecule has 5 nitrogen and oxygen atoms in total. The number of nitrogens with zero attached hydrogens (tertiary/aromatic N) is 2. The minimum Gasteiger partial charge on any atom is -0.395 e. The van der Waals surface area contributed by atoms with Gasteiger partial charge in [-0.25, -0.2) is 0 Å². The lowest BCUT2D eigenvalue weighted by Crippen LogP contribution is -2.49. The van der Waals surface area contributed by atoms with Crippen molar-refractivity contribution < 1.29 is 9.90 Å². The second kappa shape index (κ2) is 5.64. The summed E-state index contributed by atoms with van der Waals surface area (Å²) in [6, 6.07) is 8.77. The van der Waals surface area contributed by atoms with Crippen molar-refractivity contribution in [3.8, 4) is 0 Å². The van der Waals surface area contributed by atoms with Gasteiger partial charge in [0.1, 0.15) is 0 Å². The summed E-state index contributed by atoms with van der Waals surface area (Å²) in [6.45, 7) is 3.91. The highest BCUT2D eigenvalue weighted by molar-refractivity contribution is 6.05. The third-order valence-corrected chi connectivity index (χ3v) is 3.81. The van der Waals surface area contributed by atoms with Crippen LogP contribution in [0.5, 0.6) is 0 Å². The summed E-state index contributed by atoms with van der Waals surface area (Å²) >= 11 is 0. The Bertz CT molecular complexity index is 600. The quantitative estimate of drug-likeness (QED) is 0.865. The van der Waals surface area contributed by atoms with Gasteiger partial charge in [0.05, 0.1) is 17.7 Å². The maximum absolute atomic E-state index is 12.6. The molecule has 0 saturated carbocycles. The number of rotatable bonds is 3. The second-order valence-corrected chi connectivity index (χ2v) is 5.02. The molecule has 0 aliphatic carbocycles. The summed E-state index contributed by atoms with van der Waals surface area (Å²) in [5, 5.41) is 9.88. The number of aromatic nitrogens is 1. The van der Waals surface area contributed by atoms with Gasteiger partial charge in [-0.1, -0.05) is 12.1 Å². The number of carbonyl (C=O) groups is 1. The molecule has 2 heterocycles. The predicted octanol–water partition coefficient (Wildman–Crippen LogP) is 0.718. The van der Waals surface area contributed by atoms with Gasteiger partial charge in [-0.05, 0) is 6.07 Å². The van der Waals surface area contributed by atoms with E-state index in [0.29, 0.717) is 25.2 Å². The lowest BCUT2D eigenvalue weighted by Gasteiger charge is -2.34. The lowest BCUT2D eigenvalue weighted by molar-refractivity contribution is 0.0616. The zero-order valence-electron chi connectivity index (χ0n) is 11.3. The zero-order valence-corrected chi connectivity index (χ0v) is 11.3. The molecule has 0 unspecified atom stereocenters. The third-order valence-electron chi connectivity index (χ3n) is 3.81. The molecule has 20 heavy (non-hydrogen) atoms. The Hall–Kier alpha value is -1.85. The van der Waals surface area contributed by atoms with E-state index >= 15 is 0 Å². The molecule has 1 aromatic heterocycles. The molecule has 2 N–H and O–H groups in total. The Morgan fingerprint density at radius 3 is 2.85 bits per heavy atom. The van der Waals surface area contributed by atoms with Gasteiger partial charge in [0.25, 0.3) is 5.91 Å². The minimum absolute atomic E-state index is 0.0649. The normalized spacial score (nSPS) is 16.8. The van der Waals surface area contributed by atoms with E-state index in [1.807, 2.05) is 23.1 Å². The van der Waals surface area contributed by atoms with Crippen molar-refractivity contribution in [1.82, 2.24) is 14.8 Å². The van der Waals surface area contributed by atoms with Crippen molar-refractivity contribution in [1.29, 1.82) is 0 Å². The van der Waals surface area contributed by atoms with E-state index < -0.39 is 0 Å². The fourth-order valence-corrected chi connectivity index (χ4v) is 2.68. The Kier molecular flexibility index (Phi) is 3.71. The smallest absolute Gasteiger partial charge is 0.256 e. The molecule has 0 spiro atoms. The molecule has 1 amide bonds.